The van der Waals surface area contributed by atoms with Gasteiger partial charge in [-0.25, -0.2) is 0 Å². The van der Waals surface area contributed by atoms with Crippen molar-refractivity contribution in [3.63, 3.8) is 0 Å². The van der Waals surface area contributed by atoms with E-state index in [1.165, 1.54) is 12.0 Å². The Morgan fingerprint density at radius 1 is 1.31 bits per heavy atom. The van der Waals surface area contributed by atoms with Crippen LogP contribution in [0.2, 0.25) is 0 Å². The van der Waals surface area contributed by atoms with E-state index in [4.69, 9.17) is 0 Å². The second-order valence-electron chi connectivity index (χ2n) is 3.75. The van der Waals surface area contributed by atoms with Crippen molar-refractivity contribution in [2.24, 2.45) is 0 Å². The summed E-state index contributed by atoms with van der Waals surface area (Å²) in [5.41, 5.74) is 1.21. The first-order chi connectivity index (χ1) is 7.61. The minimum atomic E-state index is 0.106. The SMILES string of the molecule is CC(=O)N(C)CCc1ccncc1.CCC. The van der Waals surface area contributed by atoms with Crippen LogP contribution in [0.5, 0.6) is 0 Å². The normalized spacial score (nSPS) is 9.00. The monoisotopic (exact) mass is 222 g/mol. The minimum absolute atomic E-state index is 0.106. The summed E-state index contributed by atoms with van der Waals surface area (Å²) in [5, 5.41) is 0. The molecule has 0 spiro atoms. The molecule has 0 atom stereocenters. The van der Waals surface area contributed by atoms with Crippen LogP contribution in [0.15, 0.2) is 24.5 Å². The van der Waals surface area contributed by atoms with Gasteiger partial charge in [0.25, 0.3) is 0 Å². The molecule has 1 heterocycles. The van der Waals surface area contributed by atoms with Crippen molar-refractivity contribution in [3.05, 3.63) is 30.1 Å². The second-order valence-corrected chi connectivity index (χ2v) is 3.75. The number of hydrogen-bond acceptors (Lipinski definition) is 2. The van der Waals surface area contributed by atoms with Crippen LogP contribution in [0.1, 0.15) is 32.8 Å². The van der Waals surface area contributed by atoms with Gasteiger partial charge in [-0.2, -0.15) is 0 Å². The standard InChI is InChI=1S/C10H14N2O.C3H8/c1-9(13)12(2)8-5-10-3-6-11-7-4-10;1-3-2/h3-4,6-7H,5,8H2,1-2H3;3H2,1-2H3. The Labute approximate surface area is 98.5 Å². The topological polar surface area (TPSA) is 33.2 Å². The molecule has 1 rings (SSSR count). The summed E-state index contributed by atoms with van der Waals surface area (Å²) in [6.07, 6.45) is 5.67. The number of rotatable bonds is 3. The average molecular weight is 222 g/mol. The van der Waals surface area contributed by atoms with E-state index in [1.54, 1.807) is 24.2 Å². The Morgan fingerprint density at radius 2 is 1.81 bits per heavy atom. The highest BCUT2D eigenvalue weighted by molar-refractivity contribution is 5.72. The number of likely N-dealkylation sites (N-methyl/N-ethyl adjacent to an activating group) is 1. The molecule has 0 N–H and O–H groups in total. The lowest BCUT2D eigenvalue weighted by molar-refractivity contribution is -0.127. The van der Waals surface area contributed by atoms with Gasteiger partial charge >= 0.3 is 0 Å². The Morgan fingerprint density at radius 3 is 2.25 bits per heavy atom. The molecule has 0 unspecified atom stereocenters. The predicted molar refractivity (Wildman–Crippen MR) is 67.2 cm³/mol. The van der Waals surface area contributed by atoms with E-state index in [0.717, 1.165) is 13.0 Å². The largest absolute Gasteiger partial charge is 0.346 e. The summed E-state index contributed by atoms with van der Waals surface area (Å²) < 4.78 is 0. The van der Waals surface area contributed by atoms with Crippen molar-refractivity contribution in [2.75, 3.05) is 13.6 Å². The summed E-state index contributed by atoms with van der Waals surface area (Å²) in [6.45, 7) is 6.59. The molecule has 0 bridgehead atoms. The fourth-order valence-corrected chi connectivity index (χ4v) is 1.00. The van der Waals surface area contributed by atoms with E-state index >= 15 is 0 Å². The van der Waals surface area contributed by atoms with Crippen molar-refractivity contribution in [3.8, 4) is 0 Å². The van der Waals surface area contributed by atoms with Crippen LogP contribution in [0, 0.1) is 0 Å². The molecule has 1 aromatic rings. The summed E-state index contributed by atoms with van der Waals surface area (Å²) in [7, 11) is 1.81. The summed E-state index contributed by atoms with van der Waals surface area (Å²) in [4.78, 5) is 16.5. The molecule has 1 aromatic heterocycles. The lowest BCUT2D eigenvalue weighted by Gasteiger charge is -2.13. The zero-order chi connectivity index (χ0) is 12.4. The maximum absolute atomic E-state index is 10.9. The molecule has 0 aromatic carbocycles. The number of amides is 1. The first-order valence-electron chi connectivity index (χ1n) is 5.72. The van der Waals surface area contributed by atoms with Gasteiger partial charge in [-0.3, -0.25) is 9.78 Å². The highest BCUT2D eigenvalue weighted by Crippen LogP contribution is 1.98. The molecule has 16 heavy (non-hydrogen) atoms. The number of pyridine rings is 1. The Balaban J connectivity index is 0.000000673. The molecule has 0 aliphatic heterocycles. The van der Waals surface area contributed by atoms with Gasteiger partial charge in [-0.15, -0.1) is 0 Å². The zero-order valence-electron chi connectivity index (χ0n) is 10.7. The summed E-state index contributed by atoms with van der Waals surface area (Å²) >= 11 is 0. The minimum Gasteiger partial charge on any atom is -0.346 e. The van der Waals surface area contributed by atoms with E-state index < -0.39 is 0 Å². The van der Waals surface area contributed by atoms with Crippen LogP contribution in [0.3, 0.4) is 0 Å². The third-order valence-electron chi connectivity index (χ3n) is 2.02. The van der Waals surface area contributed by atoms with Gasteiger partial charge in [-0.05, 0) is 24.1 Å². The molecule has 0 radical (unpaired) electrons. The molecule has 3 heteroatoms. The Kier molecular flexibility index (Phi) is 8.12. The smallest absolute Gasteiger partial charge is 0.219 e. The third kappa shape index (κ3) is 6.98. The molecular weight excluding hydrogens is 200 g/mol. The van der Waals surface area contributed by atoms with Crippen LogP contribution in [0.4, 0.5) is 0 Å². The third-order valence-corrected chi connectivity index (χ3v) is 2.02. The second kappa shape index (κ2) is 8.89. The maximum atomic E-state index is 10.9. The highest BCUT2D eigenvalue weighted by Gasteiger charge is 2.01. The summed E-state index contributed by atoms with van der Waals surface area (Å²) in [5.74, 6) is 0.106. The average Bonchev–Trinajstić information content (AvgIpc) is 2.28. The van der Waals surface area contributed by atoms with E-state index in [2.05, 4.69) is 18.8 Å². The lowest BCUT2D eigenvalue weighted by Crippen LogP contribution is -2.26. The zero-order valence-corrected chi connectivity index (χ0v) is 10.7. The predicted octanol–water partition coefficient (Wildman–Crippen LogP) is 2.52. The van der Waals surface area contributed by atoms with Gasteiger partial charge < -0.3 is 4.90 Å². The Bertz CT molecular complexity index is 285. The van der Waals surface area contributed by atoms with E-state index in [1.807, 2.05) is 19.2 Å². The first-order valence-corrected chi connectivity index (χ1v) is 5.72. The highest BCUT2D eigenvalue weighted by atomic mass is 16.2. The van der Waals surface area contributed by atoms with E-state index in [-0.39, 0.29) is 5.91 Å². The first kappa shape index (κ1) is 14.6. The van der Waals surface area contributed by atoms with Crippen LogP contribution in [-0.4, -0.2) is 29.4 Å². The van der Waals surface area contributed by atoms with Gasteiger partial charge in [-0.1, -0.05) is 20.3 Å². The fraction of sp³-hybridized carbons (Fsp3) is 0.538. The number of hydrogen-bond donors (Lipinski definition) is 0. The number of nitrogens with zero attached hydrogens (tertiary/aromatic N) is 2. The molecule has 3 nitrogen and oxygen atoms in total. The summed E-state index contributed by atoms with van der Waals surface area (Å²) in [6, 6.07) is 3.93. The maximum Gasteiger partial charge on any atom is 0.219 e. The van der Waals surface area contributed by atoms with Crippen LogP contribution in [-0.2, 0) is 11.2 Å². The Hall–Kier alpha value is -1.38. The van der Waals surface area contributed by atoms with Gasteiger partial charge in [0.15, 0.2) is 0 Å². The molecular formula is C13H22N2O. The molecule has 0 saturated heterocycles. The number of carbonyl (C=O) groups is 1. The fourth-order valence-electron chi connectivity index (χ4n) is 1.00. The van der Waals surface area contributed by atoms with Crippen molar-refractivity contribution in [1.82, 2.24) is 9.88 Å². The van der Waals surface area contributed by atoms with Crippen LogP contribution >= 0.6 is 0 Å². The molecule has 0 saturated carbocycles. The quantitative estimate of drug-likeness (QED) is 0.787. The van der Waals surface area contributed by atoms with Crippen molar-refractivity contribution >= 4 is 5.91 Å². The van der Waals surface area contributed by atoms with Gasteiger partial charge in [0.1, 0.15) is 0 Å². The molecule has 0 aliphatic carbocycles. The molecule has 0 aliphatic rings. The molecule has 1 amide bonds. The van der Waals surface area contributed by atoms with Gasteiger partial charge in [0.05, 0.1) is 0 Å². The van der Waals surface area contributed by atoms with E-state index in [0.29, 0.717) is 0 Å². The molecule has 90 valence electrons. The van der Waals surface area contributed by atoms with Crippen molar-refractivity contribution < 1.29 is 4.79 Å². The van der Waals surface area contributed by atoms with Crippen molar-refractivity contribution in [1.29, 1.82) is 0 Å². The van der Waals surface area contributed by atoms with Gasteiger partial charge in [0, 0.05) is 32.9 Å². The number of carbonyl (C=O) groups excluding carboxylic acids is 1. The van der Waals surface area contributed by atoms with Crippen LogP contribution < -0.4 is 0 Å². The van der Waals surface area contributed by atoms with Gasteiger partial charge in [0.2, 0.25) is 5.91 Å². The van der Waals surface area contributed by atoms with Crippen molar-refractivity contribution in [2.45, 2.75) is 33.6 Å². The molecule has 0 fully saturated rings. The van der Waals surface area contributed by atoms with E-state index in [9.17, 15) is 4.79 Å². The number of aromatic nitrogens is 1. The lowest BCUT2D eigenvalue weighted by atomic mass is 10.2. The van der Waals surface area contributed by atoms with Crippen LogP contribution in [0.25, 0.3) is 0 Å².